The molecule has 21 heavy (non-hydrogen) atoms. The molecule has 0 saturated carbocycles. The molecule has 2 N–H and O–H groups in total. The molecule has 0 saturated heterocycles. The largest absolute Gasteiger partial charge is 0.444 e. The third kappa shape index (κ3) is 8.38. The predicted octanol–water partition coefficient (Wildman–Crippen LogP) is 2.76. The molecule has 0 bridgehead atoms. The highest BCUT2D eigenvalue weighted by Crippen LogP contribution is 2.16. The summed E-state index contributed by atoms with van der Waals surface area (Å²) in [5.74, 6) is 0.501. The first-order valence-electron chi connectivity index (χ1n) is 7.67. The molecule has 1 rings (SSSR count). The first-order chi connectivity index (χ1) is 9.76. The van der Waals surface area contributed by atoms with Crippen LogP contribution in [0, 0.1) is 5.92 Å². The monoisotopic (exact) mass is 296 g/mol. The lowest BCUT2D eigenvalue weighted by Crippen LogP contribution is -2.41. The molecule has 2 amide bonds. The van der Waals surface area contributed by atoms with Crippen LogP contribution in [-0.2, 0) is 9.53 Å². The van der Waals surface area contributed by atoms with E-state index in [2.05, 4.69) is 22.8 Å². The number of carbonyl (C=O) groups excluding carboxylic acids is 2. The standard InChI is InChI=1S/C16H28N2O3/c1-12(18-15(20)21-16(2,3)4)10-14(19)17-11-13-8-6-5-7-9-13/h5-6,12-13H,7-11H2,1-4H3,(H,17,19)(H,18,20)/t12-,13-/m1/s1. The van der Waals surface area contributed by atoms with E-state index in [-0.39, 0.29) is 18.4 Å². The van der Waals surface area contributed by atoms with Crippen LogP contribution in [0.5, 0.6) is 0 Å². The van der Waals surface area contributed by atoms with Gasteiger partial charge in [0, 0.05) is 19.0 Å². The van der Waals surface area contributed by atoms with Crippen molar-refractivity contribution in [3.63, 3.8) is 0 Å². The normalized spacial score (nSPS) is 19.7. The highest BCUT2D eigenvalue weighted by molar-refractivity contribution is 5.77. The van der Waals surface area contributed by atoms with Gasteiger partial charge in [0.25, 0.3) is 0 Å². The average Bonchev–Trinajstić information content (AvgIpc) is 2.35. The third-order valence-electron chi connectivity index (χ3n) is 3.22. The predicted molar refractivity (Wildman–Crippen MR) is 82.9 cm³/mol. The molecule has 0 unspecified atom stereocenters. The fourth-order valence-electron chi connectivity index (χ4n) is 2.21. The van der Waals surface area contributed by atoms with Gasteiger partial charge in [-0.15, -0.1) is 0 Å². The maximum absolute atomic E-state index is 11.8. The van der Waals surface area contributed by atoms with Crippen LogP contribution in [0.15, 0.2) is 12.2 Å². The second-order valence-electron chi connectivity index (χ2n) is 6.71. The van der Waals surface area contributed by atoms with Crippen molar-refractivity contribution in [2.75, 3.05) is 6.54 Å². The number of alkyl carbamates (subject to hydrolysis) is 1. The zero-order valence-corrected chi connectivity index (χ0v) is 13.6. The van der Waals surface area contributed by atoms with Gasteiger partial charge in [0.15, 0.2) is 0 Å². The Hall–Kier alpha value is -1.52. The van der Waals surface area contributed by atoms with Gasteiger partial charge in [-0.25, -0.2) is 4.79 Å². The molecule has 1 aliphatic carbocycles. The Labute approximate surface area is 127 Å². The van der Waals surface area contributed by atoms with Crippen LogP contribution in [0.3, 0.4) is 0 Å². The summed E-state index contributed by atoms with van der Waals surface area (Å²) >= 11 is 0. The molecular weight excluding hydrogens is 268 g/mol. The minimum absolute atomic E-state index is 0.0342. The van der Waals surface area contributed by atoms with Crippen molar-refractivity contribution in [1.29, 1.82) is 0 Å². The van der Waals surface area contributed by atoms with Gasteiger partial charge in [-0.2, -0.15) is 0 Å². The summed E-state index contributed by atoms with van der Waals surface area (Å²) in [5, 5.41) is 5.61. The molecular formula is C16H28N2O3. The molecule has 0 heterocycles. The van der Waals surface area contributed by atoms with E-state index in [4.69, 9.17) is 4.74 Å². The van der Waals surface area contributed by atoms with Crippen LogP contribution in [0.1, 0.15) is 53.4 Å². The summed E-state index contributed by atoms with van der Waals surface area (Å²) in [6.07, 6.45) is 7.39. The van der Waals surface area contributed by atoms with Gasteiger partial charge >= 0.3 is 6.09 Å². The highest BCUT2D eigenvalue weighted by atomic mass is 16.6. The smallest absolute Gasteiger partial charge is 0.407 e. The van der Waals surface area contributed by atoms with Crippen LogP contribution in [0.2, 0.25) is 0 Å². The van der Waals surface area contributed by atoms with Gasteiger partial charge in [0.2, 0.25) is 5.91 Å². The van der Waals surface area contributed by atoms with Crippen LogP contribution in [0.4, 0.5) is 4.79 Å². The van der Waals surface area contributed by atoms with Gasteiger partial charge in [0.1, 0.15) is 5.60 Å². The Kier molecular flexibility index (Phi) is 6.72. The van der Waals surface area contributed by atoms with Crippen LogP contribution in [0.25, 0.3) is 0 Å². The van der Waals surface area contributed by atoms with E-state index in [0.717, 1.165) is 19.3 Å². The maximum atomic E-state index is 11.8. The average molecular weight is 296 g/mol. The number of hydrogen-bond acceptors (Lipinski definition) is 3. The summed E-state index contributed by atoms with van der Waals surface area (Å²) in [6, 6.07) is -0.244. The Morgan fingerprint density at radius 1 is 1.33 bits per heavy atom. The Balaban J connectivity index is 2.21. The van der Waals surface area contributed by atoms with E-state index < -0.39 is 11.7 Å². The lowest BCUT2D eigenvalue weighted by molar-refractivity contribution is -0.121. The molecule has 120 valence electrons. The Bertz CT molecular complexity index is 385. The lowest BCUT2D eigenvalue weighted by Gasteiger charge is -2.22. The highest BCUT2D eigenvalue weighted by Gasteiger charge is 2.19. The summed E-state index contributed by atoms with van der Waals surface area (Å²) in [6.45, 7) is 7.93. The first kappa shape index (κ1) is 17.5. The molecule has 5 heteroatoms. The molecule has 0 radical (unpaired) electrons. The molecule has 1 aliphatic rings. The minimum atomic E-state index is -0.527. The summed E-state index contributed by atoms with van der Waals surface area (Å²) in [7, 11) is 0. The van der Waals surface area contributed by atoms with Crippen molar-refractivity contribution in [2.24, 2.45) is 5.92 Å². The van der Waals surface area contributed by atoms with E-state index in [0.29, 0.717) is 12.5 Å². The van der Waals surface area contributed by atoms with Crippen molar-refractivity contribution < 1.29 is 14.3 Å². The fraction of sp³-hybridized carbons (Fsp3) is 0.750. The summed E-state index contributed by atoms with van der Waals surface area (Å²) in [5.41, 5.74) is -0.527. The third-order valence-corrected chi connectivity index (χ3v) is 3.22. The number of hydrogen-bond donors (Lipinski definition) is 2. The number of amides is 2. The molecule has 0 fully saturated rings. The SMILES string of the molecule is C[C@H](CC(=O)NC[C@@H]1CC=CCC1)NC(=O)OC(C)(C)C. The second kappa shape index (κ2) is 8.05. The van der Waals surface area contributed by atoms with Gasteiger partial charge in [-0.3, -0.25) is 4.79 Å². The van der Waals surface area contributed by atoms with Crippen molar-refractivity contribution in [2.45, 2.75) is 65.0 Å². The summed E-state index contributed by atoms with van der Waals surface area (Å²) < 4.78 is 5.16. The molecule has 0 aliphatic heterocycles. The zero-order chi connectivity index (χ0) is 15.9. The zero-order valence-electron chi connectivity index (χ0n) is 13.6. The first-order valence-corrected chi connectivity index (χ1v) is 7.67. The number of allylic oxidation sites excluding steroid dienone is 2. The second-order valence-corrected chi connectivity index (χ2v) is 6.71. The quantitative estimate of drug-likeness (QED) is 0.767. The minimum Gasteiger partial charge on any atom is -0.444 e. The number of ether oxygens (including phenoxy) is 1. The Morgan fingerprint density at radius 2 is 2.05 bits per heavy atom. The topological polar surface area (TPSA) is 67.4 Å². The van der Waals surface area contributed by atoms with Gasteiger partial charge in [-0.1, -0.05) is 12.2 Å². The van der Waals surface area contributed by atoms with Crippen LogP contribution >= 0.6 is 0 Å². The van der Waals surface area contributed by atoms with Gasteiger partial charge in [-0.05, 0) is 52.9 Å². The van der Waals surface area contributed by atoms with Crippen molar-refractivity contribution in [3.05, 3.63) is 12.2 Å². The van der Waals surface area contributed by atoms with E-state index in [1.54, 1.807) is 6.92 Å². The summed E-state index contributed by atoms with van der Waals surface area (Å²) in [4.78, 5) is 23.4. The van der Waals surface area contributed by atoms with Gasteiger partial charge in [0.05, 0.1) is 0 Å². The fourth-order valence-corrected chi connectivity index (χ4v) is 2.21. The van der Waals surface area contributed by atoms with Crippen molar-refractivity contribution >= 4 is 12.0 Å². The van der Waals surface area contributed by atoms with Crippen molar-refractivity contribution in [1.82, 2.24) is 10.6 Å². The molecule has 0 spiro atoms. The van der Waals surface area contributed by atoms with E-state index >= 15 is 0 Å². The molecule has 2 atom stereocenters. The van der Waals surface area contributed by atoms with Gasteiger partial charge < -0.3 is 15.4 Å². The lowest BCUT2D eigenvalue weighted by atomic mass is 9.94. The van der Waals surface area contributed by atoms with Crippen molar-refractivity contribution in [3.8, 4) is 0 Å². The molecule has 5 nitrogen and oxygen atoms in total. The van der Waals surface area contributed by atoms with Crippen LogP contribution < -0.4 is 10.6 Å². The van der Waals surface area contributed by atoms with E-state index in [1.807, 2.05) is 20.8 Å². The number of nitrogens with one attached hydrogen (secondary N) is 2. The molecule has 0 aromatic rings. The Morgan fingerprint density at radius 3 is 2.62 bits per heavy atom. The molecule has 0 aromatic carbocycles. The molecule has 0 aromatic heterocycles. The van der Waals surface area contributed by atoms with Crippen LogP contribution in [-0.4, -0.2) is 30.2 Å². The van der Waals surface area contributed by atoms with E-state index in [1.165, 1.54) is 0 Å². The van der Waals surface area contributed by atoms with E-state index in [9.17, 15) is 9.59 Å². The number of rotatable bonds is 5. The number of carbonyl (C=O) groups is 2. The maximum Gasteiger partial charge on any atom is 0.407 e.